The van der Waals surface area contributed by atoms with Crippen molar-refractivity contribution in [3.05, 3.63) is 28.4 Å². The highest BCUT2D eigenvalue weighted by molar-refractivity contribution is 8.01. The van der Waals surface area contributed by atoms with E-state index in [1.165, 1.54) is 47.0 Å². The van der Waals surface area contributed by atoms with Crippen LogP contribution in [0.2, 0.25) is 0 Å². The first-order chi connectivity index (χ1) is 16.7. The Labute approximate surface area is 210 Å². The van der Waals surface area contributed by atoms with Gasteiger partial charge < -0.3 is 32.5 Å². The summed E-state index contributed by atoms with van der Waals surface area (Å²) in [6.07, 6.45) is 0. The average Bonchev–Trinajstić information content (AvgIpc) is 3.23. The van der Waals surface area contributed by atoms with Crippen molar-refractivity contribution in [2.24, 2.45) is 5.16 Å². The van der Waals surface area contributed by atoms with Crippen LogP contribution in [-0.4, -0.2) is 78.5 Å². The summed E-state index contributed by atoms with van der Waals surface area (Å²) in [5, 5.41) is 17.8. The summed E-state index contributed by atoms with van der Waals surface area (Å²) in [6.45, 7) is 0. The number of carbonyl (C=O) groups excluding carboxylic acids is 2. The Kier molecular flexibility index (Phi) is 6.99. The minimum Gasteiger partial charge on any atom is -0.477 e. The van der Waals surface area contributed by atoms with E-state index in [2.05, 4.69) is 25.4 Å². The Balaban J connectivity index is 1.49. The van der Waals surface area contributed by atoms with Gasteiger partial charge in [-0.05, 0) is 5.57 Å². The summed E-state index contributed by atoms with van der Waals surface area (Å²) < 4.78 is 0. The van der Waals surface area contributed by atoms with Crippen LogP contribution in [0.4, 0.5) is 16.9 Å². The van der Waals surface area contributed by atoms with E-state index >= 15 is 0 Å². The number of rotatable bonds is 8. The fraction of sp³-hybridized carbons (Fsp3) is 0.278. The second kappa shape index (κ2) is 9.96. The van der Waals surface area contributed by atoms with Crippen LogP contribution in [0.25, 0.3) is 0 Å². The van der Waals surface area contributed by atoms with E-state index in [0.717, 1.165) is 11.3 Å². The number of hydrogen-bond donors (Lipinski definition) is 5. The monoisotopic (exact) mass is 537 g/mol. The molecule has 14 nitrogen and oxygen atoms in total. The van der Waals surface area contributed by atoms with Gasteiger partial charge in [-0.2, -0.15) is 4.98 Å². The molecule has 0 saturated carbocycles. The smallest absolute Gasteiger partial charge is 0.352 e. The molecule has 0 aromatic carbocycles. The van der Waals surface area contributed by atoms with Gasteiger partial charge in [-0.25, -0.2) is 14.8 Å². The number of β-lactam (4-membered cyclic amide) rings is 1. The zero-order chi connectivity index (χ0) is 25.3. The van der Waals surface area contributed by atoms with Crippen LogP contribution in [-0.2, 0) is 19.2 Å². The molecule has 0 radical (unpaired) electrons. The van der Waals surface area contributed by atoms with E-state index in [1.54, 1.807) is 0 Å². The van der Waals surface area contributed by atoms with E-state index in [1.807, 2.05) is 0 Å². The van der Waals surface area contributed by atoms with Gasteiger partial charge in [0.05, 0.1) is 0 Å². The first-order valence-corrected chi connectivity index (χ1v) is 12.7. The molecule has 0 unspecified atom stereocenters. The van der Waals surface area contributed by atoms with Gasteiger partial charge in [0.15, 0.2) is 10.8 Å². The average molecular weight is 538 g/mol. The minimum absolute atomic E-state index is 0.00578. The van der Waals surface area contributed by atoms with Gasteiger partial charge in [-0.3, -0.25) is 14.5 Å². The number of carboxylic acid groups (broad SMARTS) is 1. The first kappa shape index (κ1) is 24.6. The molecular formula is C18H19N9O5S3. The zero-order valence-electron chi connectivity index (χ0n) is 18.0. The molecule has 2 amide bonds. The van der Waals surface area contributed by atoms with Crippen molar-refractivity contribution in [1.82, 2.24) is 25.2 Å². The number of nitrogen functional groups attached to an aromatic ring is 3. The molecule has 17 heteroatoms. The standard InChI is InChI=1S/C18H19N9O5S3/c1-32-26-10(7-5-35-18(21)22-7)13(28)25-11-14(29)27-12(16(30)31)6(4-34-15(11)27)3-33-9-2-8(19)23-17(20)24-9/h2,5,11,15H,3-4H2,1H3,(H2,21,22)(H,25,28)(H,30,31)(H4,19,20,23,24)/b26-10-/t11-,15-/m1/s1. The third kappa shape index (κ3) is 4.96. The number of nitrogens with one attached hydrogen (secondary N) is 1. The second-order valence-corrected chi connectivity index (χ2v) is 10.1. The molecule has 2 aliphatic heterocycles. The molecule has 1 saturated heterocycles. The van der Waals surface area contributed by atoms with Gasteiger partial charge in [-0.1, -0.05) is 5.16 Å². The number of fused-ring (bicyclic) bond motifs is 1. The van der Waals surface area contributed by atoms with Crippen molar-refractivity contribution in [2.75, 3.05) is 35.8 Å². The number of carbonyl (C=O) groups is 3. The Morgan fingerprint density at radius 2 is 2.11 bits per heavy atom. The molecule has 2 aromatic heterocycles. The van der Waals surface area contributed by atoms with E-state index in [4.69, 9.17) is 22.0 Å². The van der Waals surface area contributed by atoms with Crippen LogP contribution in [0.1, 0.15) is 5.69 Å². The second-order valence-electron chi connectivity index (χ2n) is 7.09. The van der Waals surface area contributed by atoms with Crippen LogP contribution in [0, 0.1) is 0 Å². The lowest BCUT2D eigenvalue weighted by Gasteiger charge is -2.49. The predicted octanol–water partition coefficient (Wildman–Crippen LogP) is -0.439. The highest BCUT2D eigenvalue weighted by Crippen LogP contribution is 2.41. The lowest BCUT2D eigenvalue weighted by atomic mass is 10.0. The maximum Gasteiger partial charge on any atom is 0.352 e. The maximum absolute atomic E-state index is 12.9. The fourth-order valence-electron chi connectivity index (χ4n) is 3.39. The highest BCUT2D eigenvalue weighted by Gasteiger charge is 2.54. The van der Waals surface area contributed by atoms with Gasteiger partial charge >= 0.3 is 5.97 Å². The molecule has 2 aliphatic rings. The Morgan fingerprint density at radius 3 is 2.74 bits per heavy atom. The SMILES string of the molecule is CO/N=C(\C(=O)N[C@@H]1C(=O)N2C(C(=O)O)=C(CSc3cc(N)nc(N)n3)CS[C@H]12)c1csc(N)n1. The Hall–Kier alpha value is -3.57. The molecule has 0 aliphatic carbocycles. The van der Waals surface area contributed by atoms with Crippen molar-refractivity contribution < 1.29 is 24.3 Å². The summed E-state index contributed by atoms with van der Waals surface area (Å²) in [5.74, 6) is -1.73. The quantitative estimate of drug-likeness (QED) is 0.0947. The normalized spacial score (nSPS) is 19.7. The van der Waals surface area contributed by atoms with Crippen LogP contribution in [0.5, 0.6) is 0 Å². The summed E-state index contributed by atoms with van der Waals surface area (Å²) in [4.78, 5) is 55.6. The lowest BCUT2D eigenvalue weighted by Crippen LogP contribution is -2.71. The topological polar surface area (TPSA) is 225 Å². The molecule has 2 atom stereocenters. The summed E-state index contributed by atoms with van der Waals surface area (Å²) in [5.41, 5.74) is 17.4. The molecule has 1 fully saturated rings. The number of anilines is 3. The molecule has 35 heavy (non-hydrogen) atoms. The number of aliphatic carboxylic acids is 1. The first-order valence-electron chi connectivity index (χ1n) is 9.75. The van der Waals surface area contributed by atoms with Crippen molar-refractivity contribution >= 4 is 75.3 Å². The molecule has 8 N–H and O–H groups in total. The largest absolute Gasteiger partial charge is 0.477 e. The van der Waals surface area contributed by atoms with Crippen LogP contribution >= 0.6 is 34.9 Å². The highest BCUT2D eigenvalue weighted by atomic mass is 32.2. The summed E-state index contributed by atoms with van der Waals surface area (Å²) in [6, 6.07) is 0.576. The number of carboxylic acids is 1. The number of thiazole rings is 1. The molecule has 184 valence electrons. The van der Waals surface area contributed by atoms with Crippen LogP contribution < -0.4 is 22.5 Å². The van der Waals surface area contributed by atoms with Gasteiger partial charge in [0, 0.05) is 23.0 Å². The van der Waals surface area contributed by atoms with E-state index in [0.29, 0.717) is 16.4 Å². The molecule has 2 aromatic rings. The number of hydrogen-bond acceptors (Lipinski definition) is 14. The predicted molar refractivity (Wildman–Crippen MR) is 131 cm³/mol. The van der Waals surface area contributed by atoms with E-state index in [-0.39, 0.29) is 39.8 Å². The maximum atomic E-state index is 12.9. The number of nitrogens with zero attached hydrogens (tertiary/aromatic N) is 5. The molecule has 4 heterocycles. The van der Waals surface area contributed by atoms with Crippen molar-refractivity contribution in [3.63, 3.8) is 0 Å². The zero-order valence-corrected chi connectivity index (χ0v) is 20.4. The molecule has 0 bridgehead atoms. The van der Waals surface area contributed by atoms with Gasteiger partial charge in [0.2, 0.25) is 5.95 Å². The van der Waals surface area contributed by atoms with Crippen molar-refractivity contribution in [2.45, 2.75) is 16.4 Å². The lowest BCUT2D eigenvalue weighted by molar-refractivity contribution is -0.150. The number of thioether (sulfide) groups is 2. The van der Waals surface area contributed by atoms with Crippen LogP contribution in [0.15, 0.2) is 32.9 Å². The third-order valence-corrected chi connectivity index (χ3v) is 7.84. The van der Waals surface area contributed by atoms with E-state index < -0.39 is 29.2 Å². The fourth-order valence-corrected chi connectivity index (χ4v) is 6.34. The minimum atomic E-state index is -1.25. The number of nitrogens with two attached hydrogens (primary N) is 3. The van der Waals surface area contributed by atoms with Crippen molar-refractivity contribution in [3.8, 4) is 0 Å². The van der Waals surface area contributed by atoms with Gasteiger partial charge in [-0.15, -0.1) is 34.9 Å². The third-order valence-electron chi connectivity index (χ3n) is 4.83. The molecular weight excluding hydrogens is 518 g/mol. The number of aromatic nitrogens is 3. The number of oxime groups is 1. The molecule has 0 spiro atoms. The summed E-state index contributed by atoms with van der Waals surface area (Å²) >= 11 is 3.68. The summed E-state index contributed by atoms with van der Waals surface area (Å²) in [7, 11) is 1.27. The Morgan fingerprint density at radius 1 is 1.34 bits per heavy atom. The van der Waals surface area contributed by atoms with Crippen LogP contribution in [0.3, 0.4) is 0 Å². The Bertz CT molecular complexity index is 1240. The van der Waals surface area contributed by atoms with Crippen molar-refractivity contribution in [1.29, 1.82) is 0 Å². The number of amides is 2. The molecule has 4 rings (SSSR count). The van der Waals surface area contributed by atoms with E-state index in [9.17, 15) is 19.5 Å². The van der Waals surface area contributed by atoms with Gasteiger partial charge in [0.25, 0.3) is 11.8 Å². The van der Waals surface area contributed by atoms with Gasteiger partial charge in [0.1, 0.15) is 40.8 Å².